The van der Waals surface area contributed by atoms with Crippen LogP contribution in [0.5, 0.6) is 0 Å². The topological polar surface area (TPSA) is 413 Å². The third-order valence-corrected chi connectivity index (χ3v) is 7.06. The fourth-order valence-corrected chi connectivity index (χ4v) is 4.48. The highest BCUT2D eigenvalue weighted by Crippen LogP contribution is 2.11. The molecule has 24 heteroatoms. The fraction of sp³-hybridized carbons (Fsp3) is 0.600. The zero-order valence-corrected chi connectivity index (χ0v) is 26.0. The molecule has 0 radical (unpaired) electrons. The molecule has 0 aromatic rings. The highest BCUT2D eigenvalue weighted by Gasteiger charge is 2.37. The molecule has 0 saturated carbocycles. The van der Waals surface area contributed by atoms with Crippen LogP contribution in [0.15, 0.2) is 16.9 Å². The molecule has 0 spiro atoms. The maximum absolute atomic E-state index is 13.6. The van der Waals surface area contributed by atoms with Crippen molar-refractivity contribution in [3.05, 3.63) is 11.9 Å². The molecule has 2 rings (SSSR count). The van der Waals surface area contributed by atoms with Crippen LogP contribution in [0.3, 0.4) is 0 Å². The summed E-state index contributed by atoms with van der Waals surface area (Å²) in [6.07, 6.45) is -2.69. The van der Waals surface area contributed by atoms with Gasteiger partial charge in [0.1, 0.15) is 29.9 Å². The summed E-state index contributed by atoms with van der Waals surface area (Å²) >= 11 is 0. The molecule has 0 unspecified atom stereocenters. The van der Waals surface area contributed by atoms with E-state index in [-0.39, 0.29) is 25.3 Å². The number of amides is 8. The number of carbonyl (C=O) groups excluding carboxylic acids is 7. The van der Waals surface area contributed by atoms with Crippen molar-refractivity contribution in [3.8, 4) is 0 Å². The van der Waals surface area contributed by atoms with Crippen LogP contribution in [0.4, 0.5) is 4.79 Å². The van der Waals surface area contributed by atoms with Crippen molar-refractivity contribution in [2.75, 3.05) is 26.3 Å². The summed E-state index contributed by atoms with van der Waals surface area (Å²) in [5, 5.41) is 57.7. The molecule has 49 heavy (non-hydrogen) atoms. The first-order valence-electron chi connectivity index (χ1n) is 14.8. The van der Waals surface area contributed by atoms with Gasteiger partial charge in [-0.25, -0.2) is 9.79 Å². The predicted molar refractivity (Wildman–Crippen MR) is 165 cm³/mol. The van der Waals surface area contributed by atoms with Gasteiger partial charge in [-0.1, -0.05) is 0 Å². The zero-order chi connectivity index (χ0) is 36.8. The van der Waals surface area contributed by atoms with Gasteiger partial charge < -0.3 is 85.9 Å². The molecule has 0 bridgehead atoms. The molecular weight excluding hydrogens is 658 g/mol. The molecular formula is C25H43N13O11. The molecule has 0 aliphatic carbocycles. The van der Waals surface area contributed by atoms with Gasteiger partial charge in [-0.15, -0.1) is 0 Å². The van der Waals surface area contributed by atoms with Crippen LogP contribution in [-0.2, 0) is 28.8 Å². The lowest BCUT2D eigenvalue weighted by atomic mass is 10.0. The summed E-state index contributed by atoms with van der Waals surface area (Å²) in [6, 6.07) is -10.4. The molecule has 0 aromatic carbocycles. The molecule has 2 aliphatic rings. The van der Waals surface area contributed by atoms with Crippen LogP contribution in [0, 0.1) is 0 Å². The van der Waals surface area contributed by atoms with E-state index in [1.807, 2.05) is 5.32 Å². The Hall–Kier alpha value is -5.14. The molecule has 8 atom stereocenters. The van der Waals surface area contributed by atoms with Crippen molar-refractivity contribution in [1.82, 2.24) is 42.5 Å². The Bertz CT molecular complexity index is 1310. The number of hydrogen-bond donors (Lipinski definition) is 16. The SMILES string of the molecule is NCC[C@@H](O)[C@H](N)CC(=O)N[C@H]1CNC(=O)[C@H]([C@H]2C[C@H](O)N=C(N)N2)NC(=O)/C(=C/NC(N)=O)NC(=O)[C@H](CO)NC(=O)[C@H](CO)NC1=O. The van der Waals surface area contributed by atoms with Crippen LogP contribution in [0.25, 0.3) is 0 Å². The highest BCUT2D eigenvalue weighted by atomic mass is 16.3. The van der Waals surface area contributed by atoms with E-state index in [4.69, 9.17) is 22.9 Å². The molecule has 24 nitrogen and oxygen atoms in total. The molecule has 2 heterocycles. The van der Waals surface area contributed by atoms with Gasteiger partial charge >= 0.3 is 6.03 Å². The van der Waals surface area contributed by atoms with Gasteiger partial charge in [0.15, 0.2) is 12.2 Å². The van der Waals surface area contributed by atoms with Gasteiger partial charge in [0, 0.05) is 31.6 Å². The average Bonchev–Trinajstić information content (AvgIpc) is 3.03. The van der Waals surface area contributed by atoms with Crippen molar-refractivity contribution in [1.29, 1.82) is 0 Å². The molecule has 274 valence electrons. The first kappa shape index (κ1) is 40.0. The fourth-order valence-electron chi connectivity index (χ4n) is 4.48. The van der Waals surface area contributed by atoms with Crippen LogP contribution in [0.1, 0.15) is 19.3 Å². The third-order valence-electron chi connectivity index (χ3n) is 7.06. The van der Waals surface area contributed by atoms with E-state index < -0.39 is 122 Å². The number of carbonyl (C=O) groups is 7. The Labute approximate surface area is 278 Å². The van der Waals surface area contributed by atoms with Gasteiger partial charge in [-0.05, 0) is 13.0 Å². The van der Waals surface area contributed by atoms with Crippen LogP contribution in [-0.4, -0.2) is 143 Å². The van der Waals surface area contributed by atoms with E-state index >= 15 is 0 Å². The van der Waals surface area contributed by atoms with E-state index in [1.165, 1.54) is 0 Å². The van der Waals surface area contributed by atoms with Gasteiger partial charge in [0.2, 0.25) is 29.5 Å². The molecule has 0 aromatic heterocycles. The third kappa shape index (κ3) is 12.4. The molecule has 1 saturated heterocycles. The standard InChI is InChI=1S/C25H43N13O11/c26-2-1-15(41)9(27)3-16(42)32-11-5-30-23(48)18(10-4-17(43)37-24(28)36-10)38-20(45)12(6-31-25(29)49)33-21(46)13(7-39)35-22(47)14(8-40)34-19(11)44/h6,9-11,13-15,17-18,39-41,43H,1-5,7-8,26-27H2,(H,30,48)(H,32,42)(H,33,46)(H,34,44)(H,35,47)(H,38,45)(H3,28,36,37)(H3,29,31,49)/b12-6-/t9-,10-,11+,13+,14+,15-,17+,18+/m1/s1. The lowest BCUT2D eigenvalue weighted by Crippen LogP contribution is -2.65. The second-order valence-corrected chi connectivity index (χ2v) is 10.9. The molecule has 20 N–H and O–H groups in total. The van der Waals surface area contributed by atoms with Crippen molar-refractivity contribution >= 4 is 47.4 Å². The van der Waals surface area contributed by atoms with Crippen molar-refractivity contribution in [3.63, 3.8) is 0 Å². The van der Waals surface area contributed by atoms with E-state index in [0.29, 0.717) is 6.20 Å². The van der Waals surface area contributed by atoms with E-state index in [2.05, 4.69) is 42.2 Å². The minimum Gasteiger partial charge on any atom is -0.394 e. The largest absolute Gasteiger partial charge is 0.394 e. The minimum absolute atomic E-state index is 0.0658. The second-order valence-electron chi connectivity index (χ2n) is 10.9. The summed E-state index contributed by atoms with van der Waals surface area (Å²) in [6.45, 7) is -2.75. The maximum atomic E-state index is 13.6. The Morgan fingerprint density at radius 3 is 2.20 bits per heavy atom. The number of aliphatic hydroxyl groups is 4. The van der Waals surface area contributed by atoms with Gasteiger partial charge in [-0.3, -0.25) is 28.8 Å². The second kappa shape index (κ2) is 19.0. The van der Waals surface area contributed by atoms with Crippen LogP contribution in [0.2, 0.25) is 0 Å². The molecule has 2 aliphatic heterocycles. The first-order chi connectivity index (χ1) is 23.1. The smallest absolute Gasteiger partial charge is 0.316 e. The number of aliphatic imine (C=N–C) groups is 1. The van der Waals surface area contributed by atoms with Gasteiger partial charge in [-0.2, -0.15) is 0 Å². The normalized spacial score (nSPS) is 27.9. The number of nitrogens with zero attached hydrogens (tertiary/aromatic N) is 1. The summed E-state index contributed by atoms with van der Waals surface area (Å²) in [7, 11) is 0. The lowest BCUT2D eigenvalue weighted by molar-refractivity contribution is -0.135. The van der Waals surface area contributed by atoms with Crippen LogP contribution < -0.4 is 65.5 Å². The number of urea groups is 1. The van der Waals surface area contributed by atoms with E-state index in [1.54, 1.807) is 0 Å². The lowest BCUT2D eigenvalue weighted by Gasteiger charge is -2.33. The van der Waals surface area contributed by atoms with Gasteiger partial charge in [0.05, 0.1) is 25.4 Å². The Morgan fingerprint density at radius 2 is 1.61 bits per heavy atom. The minimum atomic E-state index is -1.81. The number of hydrogen-bond acceptors (Lipinski definition) is 16. The van der Waals surface area contributed by atoms with Crippen molar-refractivity contribution < 1.29 is 54.0 Å². The monoisotopic (exact) mass is 701 g/mol. The number of aliphatic hydroxyl groups excluding tert-OH is 4. The molecule has 1 fully saturated rings. The Morgan fingerprint density at radius 1 is 0.980 bits per heavy atom. The average molecular weight is 702 g/mol. The van der Waals surface area contributed by atoms with Crippen LogP contribution >= 0.6 is 0 Å². The number of nitrogens with one attached hydrogen (secondary N) is 8. The van der Waals surface area contributed by atoms with Crippen molar-refractivity contribution in [2.24, 2.45) is 27.9 Å². The summed E-state index contributed by atoms with van der Waals surface area (Å²) in [4.78, 5) is 94.0. The quantitative estimate of drug-likeness (QED) is 0.0940. The zero-order valence-electron chi connectivity index (χ0n) is 26.0. The number of guanidine groups is 1. The first-order valence-corrected chi connectivity index (χ1v) is 14.8. The number of rotatable bonds is 10. The van der Waals surface area contributed by atoms with E-state index in [0.717, 1.165) is 0 Å². The Balaban J connectivity index is 2.55. The number of nitrogens with two attached hydrogens (primary N) is 4. The van der Waals surface area contributed by atoms with E-state index in [9.17, 15) is 54.0 Å². The maximum Gasteiger partial charge on any atom is 0.316 e. The summed E-state index contributed by atoms with van der Waals surface area (Å²) in [5.74, 6) is -7.02. The van der Waals surface area contributed by atoms with Crippen molar-refractivity contribution in [2.45, 2.75) is 67.8 Å². The molecule has 8 amide bonds. The predicted octanol–water partition coefficient (Wildman–Crippen LogP) is -9.91. The number of primary amides is 1. The summed E-state index contributed by atoms with van der Waals surface area (Å²) in [5.41, 5.74) is 21.3. The summed E-state index contributed by atoms with van der Waals surface area (Å²) < 4.78 is 0. The van der Waals surface area contributed by atoms with Gasteiger partial charge in [0.25, 0.3) is 5.91 Å². The highest BCUT2D eigenvalue weighted by molar-refractivity contribution is 6.02. The Kier molecular flexibility index (Phi) is 15.5.